The number of amides is 1. The largest absolute Gasteiger partial charge is 0.396 e. The van der Waals surface area contributed by atoms with Crippen LogP contribution in [-0.4, -0.2) is 22.0 Å². The number of carbonyl (C=O) groups excluding carboxylic acids is 1. The van der Waals surface area contributed by atoms with Crippen molar-refractivity contribution in [1.82, 2.24) is 14.9 Å². The highest BCUT2D eigenvalue weighted by Crippen LogP contribution is 2.28. The molecule has 0 unspecified atom stereocenters. The number of nitrogens with two attached hydrogens (primary N) is 1. The monoisotopic (exact) mass is 312 g/mol. The second kappa shape index (κ2) is 6.15. The van der Waals surface area contributed by atoms with E-state index in [2.05, 4.69) is 10.3 Å². The van der Waals surface area contributed by atoms with E-state index in [1.54, 1.807) is 6.20 Å². The highest BCUT2D eigenvalue weighted by atomic mass is 35.5. The summed E-state index contributed by atoms with van der Waals surface area (Å²) >= 11 is 11.8. The Balaban J connectivity index is 1.97. The van der Waals surface area contributed by atoms with Gasteiger partial charge in [0.1, 0.15) is 5.82 Å². The minimum absolute atomic E-state index is 0.247. The first-order valence-electron chi connectivity index (χ1n) is 5.98. The molecule has 1 heterocycles. The second-order valence-corrected chi connectivity index (χ2v) is 5.13. The van der Waals surface area contributed by atoms with Gasteiger partial charge in [-0.15, -0.1) is 0 Å². The van der Waals surface area contributed by atoms with Crippen molar-refractivity contribution in [3.63, 3.8) is 0 Å². The van der Waals surface area contributed by atoms with Gasteiger partial charge in [0, 0.05) is 38.0 Å². The summed E-state index contributed by atoms with van der Waals surface area (Å²) in [6, 6.07) is 3.00. The molecule has 3 N–H and O–H groups in total. The molecule has 1 amide bonds. The van der Waals surface area contributed by atoms with Gasteiger partial charge in [-0.05, 0) is 12.1 Å². The van der Waals surface area contributed by atoms with Gasteiger partial charge in [0.15, 0.2) is 0 Å². The van der Waals surface area contributed by atoms with E-state index in [1.807, 2.05) is 17.8 Å². The van der Waals surface area contributed by atoms with Gasteiger partial charge in [0.2, 0.25) is 0 Å². The summed E-state index contributed by atoms with van der Waals surface area (Å²) in [5.74, 6) is 0.654. The molecule has 0 spiro atoms. The maximum atomic E-state index is 12.0. The Labute approximate surface area is 126 Å². The smallest absolute Gasteiger partial charge is 0.251 e. The van der Waals surface area contributed by atoms with Crippen molar-refractivity contribution in [2.24, 2.45) is 7.05 Å². The lowest BCUT2D eigenvalue weighted by atomic mass is 10.2. The highest BCUT2D eigenvalue weighted by Gasteiger charge is 2.11. The normalized spacial score (nSPS) is 10.6. The first kappa shape index (κ1) is 14.7. The molecule has 0 saturated heterocycles. The van der Waals surface area contributed by atoms with E-state index >= 15 is 0 Å². The van der Waals surface area contributed by atoms with Gasteiger partial charge in [-0.1, -0.05) is 23.2 Å². The van der Waals surface area contributed by atoms with Crippen LogP contribution in [0.3, 0.4) is 0 Å². The van der Waals surface area contributed by atoms with Crippen molar-refractivity contribution in [1.29, 1.82) is 0 Å². The molecular formula is C13H14Cl2N4O. The standard InChI is InChI=1S/C13H14Cl2N4O/c1-19-5-4-17-11(19)2-3-18-13(20)8-6-9(14)12(16)10(15)7-8/h4-7H,2-3,16H2,1H3,(H,18,20). The van der Waals surface area contributed by atoms with Crippen LogP contribution < -0.4 is 11.1 Å². The third-order valence-corrected chi connectivity index (χ3v) is 3.52. The lowest BCUT2D eigenvalue weighted by molar-refractivity contribution is 0.0954. The first-order chi connectivity index (χ1) is 9.49. The van der Waals surface area contributed by atoms with Crippen molar-refractivity contribution in [2.45, 2.75) is 6.42 Å². The third-order valence-electron chi connectivity index (χ3n) is 2.90. The molecule has 0 saturated carbocycles. The average molecular weight is 313 g/mol. The molecular weight excluding hydrogens is 299 g/mol. The number of hydrogen-bond acceptors (Lipinski definition) is 3. The molecule has 0 bridgehead atoms. The fourth-order valence-electron chi connectivity index (χ4n) is 1.74. The topological polar surface area (TPSA) is 72.9 Å². The van der Waals surface area contributed by atoms with E-state index in [1.165, 1.54) is 12.1 Å². The van der Waals surface area contributed by atoms with E-state index in [0.717, 1.165) is 5.82 Å². The zero-order chi connectivity index (χ0) is 14.7. The number of halogens is 2. The molecule has 106 valence electrons. The van der Waals surface area contributed by atoms with Crippen LogP contribution in [0.5, 0.6) is 0 Å². The van der Waals surface area contributed by atoms with Crippen molar-refractivity contribution in [2.75, 3.05) is 12.3 Å². The third kappa shape index (κ3) is 3.23. The number of nitrogens with one attached hydrogen (secondary N) is 1. The molecule has 2 rings (SSSR count). The summed E-state index contributed by atoms with van der Waals surface area (Å²) in [5, 5.41) is 3.33. The molecule has 2 aromatic rings. The van der Waals surface area contributed by atoms with Crippen molar-refractivity contribution >= 4 is 34.8 Å². The minimum Gasteiger partial charge on any atom is -0.396 e. The van der Waals surface area contributed by atoms with Gasteiger partial charge in [0.05, 0.1) is 15.7 Å². The molecule has 1 aromatic heterocycles. The number of aromatic nitrogens is 2. The fourth-order valence-corrected chi connectivity index (χ4v) is 2.23. The van der Waals surface area contributed by atoms with Crippen LogP contribution in [-0.2, 0) is 13.5 Å². The predicted molar refractivity (Wildman–Crippen MR) is 80.1 cm³/mol. The molecule has 20 heavy (non-hydrogen) atoms. The fraction of sp³-hybridized carbons (Fsp3) is 0.231. The van der Waals surface area contributed by atoms with Crippen LogP contribution in [0.4, 0.5) is 5.69 Å². The molecule has 0 aliphatic rings. The van der Waals surface area contributed by atoms with Crippen molar-refractivity contribution in [3.8, 4) is 0 Å². The molecule has 5 nitrogen and oxygen atoms in total. The second-order valence-electron chi connectivity index (χ2n) is 4.31. The number of imidazole rings is 1. The van der Waals surface area contributed by atoms with E-state index < -0.39 is 0 Å². The number of rotatable bonds is 4. The van der Waals surface area contributed by atoms with E-state index in [0.29, 0.717) is 18.5 Å². The summed E-state index contributed by atoms with van der Waals surface area (Å²) in [5.41, 5.74) is 6.28. The van der Waals surface area contributed by atoms with Crippen LogP contribution in [0.1, 0.15) is 16.2 Å². The minimum atomic E-state index is -0.247. The van der Waals surface area contributed by atoms with Gasteiger partial charge in [-0.3, -0.25) is 4.79 Å². The van der Waals surface area contributed by atoms with Crippen LogP contribution in [0.2, 0.25) is 10.0 Å². The lowest BCUT2D eigenvalue weighted by Gasteiger charge is -2.08. The van der Waals surface area contributed by atoms with Crippen LogP contribution in [0.25, 0.3) is 0 Å². The van der Waals surface area contributed by atoms with E-state index in [4.69, 9.17) is 28.9 Å². The predicted octanol–water partition coefficient (Wildman–Crippen LogP) is 2.28. The highest BCUT2D eigenvalue weighted by molar-refractivity contribution is 6.39. The maximum Gasteiger partial charge on any atom is 0.251 e. The molecule has 0 aliphatic heterocycles. The van der Waals surface area contributed by atoms with Crippen LogP contribution in [0, 0.1) is 0 Å². The van der Waals surface area contributed by atoms with Crippen molar-refractivity contribution in [3.05, 3.63) is 46.0 Å². The Kier molecular flexibility index (Phi) is 4.52. The summed E-state index contributed by atoms with van der Waals surface area (Å²) in [7, 11) is 1.91. The molecule has 0 radical (unpaired) electrons. The zero-order valence-corrected chi connectivity index (χ0v) is 12.4. The van der Waals surface area contributed by atoms with Gasteiger partial charge >= 0.3 is 0 Å². The Hall–Kier alpha value is -1.72. The molecule has 0 aliphatic carbocycles. The van der Waals surface area contributed by atoms with E-state index in [-0.39, 0.29) is 21.6 Å². The molecule has 0 fully saturated rings. The number of carbonyl (C=O) groups is 1. The molecule has 1 aromatic carbocycles. The number of nitrogens with zero attached hydrogens (tertiary/aromatic N) is 2. The maximum absolute atomic E-state index is 12.0. The molecule has 0 atom stereocenters. The Bertz CT molecular complexity index is 616. The summed E-state index contributed by atoms with van der Waals surface area (Å²) < 4.78 is 1.91. The Morgan fingerprint density at radius 3 is 2.60 bits per heavy atom. The van der Waals surface area contributed by atoms with Crippen LogP contribution in [0.15, 0.2) is 24.5 Å². The Morgan fingerprint density at radius 1 is 1.40 bits per heavy atom. The van der Waals surface area contributed by atoms with Gasteiger partial charge in [0.25, 0.3) is 5.91 Å². The van der Waals surface area contributed by atoms with Gasteiger partial charge in [-0.25, -0.2) is 4.98 Å². The SMILES string of the molecule is Cn1ccnc1CCNC(=O)c1cc(Cl)c(N)c(Cl)c1. The number of hydrogen-bond donors (Lipinski definition) is 2. The number of aryl methyl sites for hydroxylation is 1. The zero-order valence-electron chi connectivity index (χ0n) is 10.9. The van der Waals surface area contributed by atoms with Gasteiger partial charge in [-0.2, -0.15) is 0 Å². The van der Waals surface area contributed by atoms with E-state index in [9.17, 15) is 4.79 Å². The number of anilines is 1. The number of benzene rings is 1. The summed E-state index contributed by atoms with van der Waals surface area (Å²) in [6.45, 7) is 0.475. The van der Waals surface area contributed by atoms with Crippen LogP contribution >= 0.6 is 23.2 Å². The van der Waals surface area contributed by atoms with Crippen molar-refractivity contribution < 1.29 is 4.79 Å². The average Bonchev–Trinajstić information content (AvgIpc) is 2.81. The quantitative estimate of drug-likeness (QED) is 0.851. The lowest BCUT2D eigenvalue weighted by Crippen LogP contribution is -2.26. The van der Waals surface area contributed by atoms with Gasteiger partial charge < -0.3 is 15.6 Å². The Morgan fingerprint density at radius 2 is 2.05 bits per heavy atom. The summed E-state index contributed by atoms with van der Waals surface area (Å²) in [4.78, 5) is 16.2. The first-order valence-corrected chi connectivity index (χ1v) is 6.73. The molecule has 7 heteroatoms. The number of nitrogen functional groups attached to an aromatic ring is 1. The summed E-state index contributed by atoms with van der Waals surface area (Å²) in [6.07, 6.45) is 4.22.